The molecule has 1 aromatic carbocycles. The zero-order chi connectivity index (χ0) is 13.5. The fraction of sp³-hybridized carbons (Fsp3) is 0.625. The molecule has 1 aliphatic rings. The van der Waals surface area contributed by atoms with Crippen molar-refractivity contribution in [1.82, 2.24) is 5.32 Å². The monoisotopic (exact) mass is 263 g/mol. The Kier molecular flexibility index (Phi) is 5.52. The number of nitrogens with one attached hydrogen (secondary N) is 1. The number of rotatable bonds is 6. The Morgan fingerprint density at radius 3 is 2.63 bits per heavy atom. The van der Waals surface area contributed by atoms with Crippen LogP contribution in [0, 0.1) is 5.92 Å². The summed E-state index contributed by atoms with van der Waals surface area (Å²) in [5, 5.41) is 3.59. The first-order valence-electron chi connectivity index (χ1n) is 7.32. The molecule has 0 amide bonds. The third kappa shape index (κ3) is 4.43. The molecule has 0 bridgehead atoms. The molecule has 1 N–H and O–H groups in total. The van der Waals surface area contributed by atoms with E-state index in [0.717, 1.165) is 37.0 Å². The molecular formula is C16H25NO2. The van der Waals surface area contributed by atoms with Crippen LogP contribution in [0.2, 0.25) is 0 Å². The number of hydrogen-bond donors (Lipinski definition) is 1. The van der Waals surface area contributed by atoms with Crippen LogP contribution in [0.25, 0.3) is 0 Å². The minimum atomic E-state index is 0.622. The number of methoxy groups -OCH3 is 1. The number of piperidine rings is 1. The predicted octanol–water partition coefficient (Wildman–Crippen LogP) is 3.24. The molecule has 2 unspecified atom stereocenters. The van der Waals surface area contributed by atoms with Gasteiger partial charge in [0.2, 0.25) is 0 Å². The highest BCUT2D eigenvalue weighted by atomic mass is 16.5. The van der Waals surface area contributed by atoms with Crippen molar-refractivity contribution in [1.29, 1.82) is 0 Å². The van der Waals surface area contributed by atoms with Gasteiger partial charge in [-0.3, -0.25) is 0 Å². The molecule has 19 heavy (non-hydrogen) atoms. The molecule has 1 fully saturated rings. The molecule has 1 aromatic rings. The van der Waals surface area contributed by atoms with Gasteiger partial charge < -0.3 is 14.8 Å². The normalized spacial score (nSPS) is 23.1. The van der Waals surface area contributed by atoms with Crippen LogP contribution in [0.15, 0.2) is 24.3 Å². The van der Waals surface area contributed by atoms with Crippen LogP contribution in [0.3, 0.4) is 0 Å². The van der Waals surface area contributed by atoms with E-state index in [1.807, 2.05) is 24.3 Å². The molecule has 1 saturated heterocycles. The average Bonchev–Trinajstić information content (AvgIpc) is 2.48. The molecule has 2 rings (SSSR count). The Balaban J connectivity index is 1.70. The van der Waals surface area contributed by atoms with Gasteiger partial charge in [0.05, 0.1) is 13.7 Å². The molecule has 0 aliphatic carbocycles. The molecule has 0 aromatic heterocycles. The lowest BCUT2D eigenvalue weighted by atomic mass is 9.89. The SMILES string of the molecule is CCC1CCNC(CCOc2ccc(OC)cc2)C1. The summed E-state index contributed by atoms with van der Waals surface area (Å²) in [6, 6.07) is 8.41. The van der Waals surface area contributed by atoms with Crippen LogP contribution in [0.5, 0.6) is 11.5 Å². The van der Waals surface area contributed by atoms with Crippen molar-refractivity contribution in [2.24, 2.45) is 5.92 Å². The lowest BCUT2D eigenvalue weighted by Gasteiger charge is -2.29. The van der Waals surface area contributed by atoms with Crippen LogP contribution in [-0.2, 0) is 0 Å². The largest absolute Gasteiger partial charge is 0.497 e. The summed E-state index contributed by atoms with van der Waals surface area (Å²) < 4.78 is 10.9. The Morgan fingerprint density at radius 2 is 1.95 bits per heavy atom. The van der Waals surface area contributed by atoms with Gasteiger partial charge in [0.25, 0.3) is 0 Å². The van der Waals surface area contributed by atoms with Crippen molar-refractivity contribution in [3.05, 3.63) is 24.3 Å². The summed E-state index contributed by atoms with van der Waals surface area (Å²) in [5.41, 5.74) is 0. The van der Waals surface area contributed by atoms with Crippen molar-refractivity contribution in [2.45, 2.75) is 38.6 Å². The third-order valence-corrected chi connectivity index (χ3v) is 3.98. The van der Waals surface area contributed by atoms with E-state index in [1.54, 1.807) is 7.11 Å². The number of benzene rings is 1. The lowest BCUT2D eigenvalue weighted by Crippen LogP contribution is -2.38. The van der Waals surface area contributed by atoms with E-state index < -0.39 is 0 Å². The van der Waals surface area contributed by atoms with Gasteiger partial charge in [0.15, 0.2) is 0 Å². The fourth-order valence-corrected chi connectivity index (χ4v) is 2.68. The Morgan fingerprint density at radius 1 is 1.21 bits per heavy atom. The second kappa shape index (κ2) is 7.39. The standard InChI is InChI=1S/C16H25NO2/c1-3-13-8-10-17-14(12-13)9-11-19-16-6-4-15(18-2)5-7-16/h4-7,13-14,17H,3,8-12H2,1-2H3. The van der Waals surface area contributed by atoms with Gasteiger partial charge in [-0.05, 0) is 56.0 Å². The predicted molar refractivity (Wildman–Crippen MR) is 77.9 cm³/mol. The van der Waals surface area contributed by atoms with Gasteiger partial charge in [-0.25, -0.2) is 0 Å². The van der Waals surface area contributed by atoms with E-state index in [1.165, 1.54) is 19.3 Å². The van der Waals surface area contributed by atoms with Crippen LogP contribution in [0.4, 0.5) is 0 Å². The molecular weight excluding hydrogens is 238 g/mol. The van der Waals surface area contributed by atoms with Gasteiger partial charge in [-0.2, -0.15) is 0 Å². The molecule has 0 saturated carbocycles. The van der Waals surface area contributed by atoms with E-state index in [0.29, 0.717) is 6.04 Å². The van der Waals surface area contributed by atoms with E-state index in [9.17, 15) is 0 Å². The first kappa shape index (κ1) is 14.2. The van der Waals surface area contributed by atoms with E-state index >= 15 is 0 Å². The summed E-state index contributed by atoms with van der Waals surface area (Å²) in [5.74, 6) is 2.68. The zero-order valence-corrected chi connectivity index (χ0v) is 12.0. The third-order valence-electron chi connectivity index (χ3n) is 3.98. The van der Waals surface area contributed by atoms with Gasteiger partial charge in [-0.1, -0.05) is 13.3 Å². The van der Waals surface area contributed by atoms with Crippen molar-refractivity contribution < 1.29 is 9.47 Å². The van der Waals surface area contributed by atoms with E-state index in [-0.39, 0.29) is 0 Å². The number of hydrogen-bond acceptors (Lipinski definition) is 3. The van der Waals surface area contributed by atoms with Gasteiger partial charge in [0, 0.05) is 6.04 Å². The van der Waals surface area contributed by atoms with E-state index in [2.05, 4.69) is 12.2 Å². The molecule has 0 spiro atoms. The van der Waals surface area contributed by atoms with Crippen LogP contribution < -0.4 is 14.8 Å². The summed E-state index contributed by atoms with van der Waals surface area (Å²) in [7, 11) is 1.68. The quantitative estimate of drug-likeness (QED) is 0.854. The molecule has 106 valence electrons. The Labute approximate surface area is 116 Å². The number of ether oxygens (including phenoxy) is 2. The molecule has 3 heteroatoms. The van der Waals surface area contributed by atoms with Gasteiger partial charge in [-0.15, -0.1) is 0 Å². The van der Waals surface area contributed by atoms with Crippen molar-refractivity contribution in [2.75, 3.05) is 20.3 Å². The molecule has 0 radical (unpaired) electrons. The second-order valence-corrected chi connectivity index (χ2v) is 5.26. The summed E-state index contributed by atoms with van der Waals surface area (Å²) in [6.07, 6.45) is 5.01. The smallest absolute Gasteiger partial charge is 0.119 e. The topological polar surface area (TPSA) is 30.5 Å². The lowest BCUT2D eigenvalue weighted by molar-refractivity contribution is 0.236. The second-order valence-electron chi connectivity index (χ2n) is 5.26. The van der Waals surface area contributed by atoms with Crippen molar-refractivity contribution in [3.8, 4) is 11.5 Å². The summed E-state index contributed by atoms with van der Waals surface area (Å²) in [4.78, 5) is 0. The first-order chi connectivity index (χ1) is 9.31. The highest BCUT2D eigenvalue weighted by molar-refractivity contribution is 5.31. The maximum atomic E-state index is 5.78. The maximum absolute atomic E-state index is 5.78. The minimum Gasteiger partial charge on any atom is -0.497 e. The van der Waals surface area contributed by atoms with E-state index in [4.69, 9.17) is 9.47 Å². The van der Waals surface area contributed by atoms with Gasteiger partial charge in [0.1, 0.15) is 11.5 Å². The summed E-state index contributed by atoms with van der Waals surface area (Å²) >= 11 is 0. The average molecular weight is 263 g/mol. The molecule has 2 atom stereocenters. The van der Waals surface area contributed by atoms with Crippen LogP contribution >= 0.6 is 0 Å². The van der Waals surface area contributed by atoms with Crippen LogP contribution in [-0.4, -0.2) is 26.3 Å². The minimum absolute atomic E-state index is 0.622. The van der Waals surface area contributed by atoms with Crippen LogP contribution in [0.1, 0.15) is 32.6 Å². The fourth-order valence-electron chi connectivity index (χ4n) is 2.68. The molecule has 3 nitrogen and oxygen atoms in total. The first-order valence-corrected chi connectivity index (χ1v) is 7.32. The van der Waals surface area contributed by atoms with Crippen molar-refractivity contribution >= 4 is 0 Å². The highest BCUT2D eigenvalue weighted by Gasteiger charge is 2.19. The highest BCUT2D eigenvalue weighted by Crippen LogP contribution is 2.21. The Bertz CT molecular complexity index is 364. The van der Waals surface area contributed by atoms with Gasteiger partial charge >= 0.3 is 0 Å². The maximum Gasteiger partial charge on any atom is 0.119 e. The molecule has 1 heterocycles. The molecule has 1 aliphatic heterocycles. The Hall–Kier alpha value is -1.22. The summed E-state index contributed by atoms with van der Waals surface area (Å²) in [6.45, 7) is 4.23. The van der Waals surface area contributed by atoms with Crippen molar-refractivity contribution in [3.63, 3.8) is 0 Å². The zero-order valence-electron chi connectivity index (χ0n) is 12.0.